The normalized spacial score (nSPS) is 11.5. The second-order valence-electron chi connectivity index (χ2n) is 7.32. The van der Waals surface area contributed by atoms with Crippen LogP contribution in [0.2, 0.25) is 0 Å². The molecule has 31 heavy (non-hydrogen) atoms. The molecular weight excluding hydrogens is 384 g/mol. The highest BCUT2D eigenvalue weighted by Crippen LogP contribution is 2.25. The van der Waals surface area contributed by atoms with Gasteiger partial charge in [0.2, 0.25) is 0 Å². The first-order valence-electron chi connectivity index (χ1n) is 10.4. The minimum atomic E-state index is 0.405. The number of aryl methyl sites for hydroxylation is 1. The molecule has 0 aliphatic carbocycles. The largest absolute Gasteiger partial charge is 0.370 e. The number of guanidine groups is 1. The average Bonchev–Trinajstić information content (AvgIpc) is 3.32. The molecule has 3 aromatic carbocycles. The van der Waals surface area contributed by atoms with Crippen molar-refractivity contribution in [1.29, 1.82) is 0 Å². The minimum Gasteiger partial charge on any atom is -0.370 e. The number of aromatic nitrogens is 3. The van der Waals surface area contributed by atoms with E-state index in [1.807, 2.05) is 28.9 Å². The van der Waals surface area contributed by atoms with Gasteiger partial charge in [-0.05, 0) is 46.4 Å². The maximum absolute atomic E-state index is 6.12. The highest BCUT2D eigenvalue weighted by atomic mass is 15.3. The van der Waals surface area contributed by atoms with E-state index in [-0.39, 0.29) is 0 Å². The lowest BCUT2D eigenvalue weighted by Crippen LogP contribution is -2.22. The number of nitrogens with zero attached hydrogens (tertiary/aromatic N) is 4. The highest BCUT2D eigenvalue weighted by Gasteiger charge is 2.06. The SMILES string of the molecule is CCc1ccc(NC(N)=NCc2ccccc2-c2ccc(Cn3cncn3)cc2)cc1. The van der Waals surface area contributed by atoms with E-state index in [0.717, 1.165) is 28.8 Å². The van der Waals surface area contributed by atoms with E-state index >= 15 is 0 Å². The van der Waals surface area contributed by atoms with Crippen LogP contribution in [-0.4, -0.2) is 20.7 Å². The van der Waals surface area contributed by atoms with Crippen LogP contribution in [-0.2, 0) is 19.5 Å². The molecule has 156 valence electrons. The van der Waals surface area contributed by atoms with Gasteiger partial charge >= 0.3 is 0 Å². The van der Waals surface area contributed by atoms with Crippen LogP contribution in [0.15, 0.2) is 90.4 Å². The number of nitrogens with two attached hydrogens (primary N) is 1. The Bertz CT molecular complexity index is 1130. The third-order valence-corrected chi connectivity index (χ3v) is 5.15. The summed E-state index contributed by atoms with van der Waals surface area (Å²) in [5.41, 5.74) is 13.0. The van der Waals surface area contributed by atoms with Crippen molar-refractivity contribution < 1.29 is 0 Å². The van der Waals surface area contributed by atoms with Crippen LogP contribution < -0.4 is 11.1 Å². The van der Waals surface area contributed by atoms with Gasteiger partial charge in [-0.3, -0.25) is 0 Å². The third kappa shape index (κ3) is 5.36. The Morgan fingerprint density at radius 3 is 2.42 bits per heavy atom. The lowest BCUT2D eigenvalue weighted by molar-refractivity contribution is 0.685. The number of rotatable bonds is 7. The zero-order chi connectivity index (χ0) is 21.5. The smallest absolute Gasteiger partial charge is 0.193 e. The lowest BCUT2D eigenvalue weighted by Gasteiger charge is -2.10. The molecule has 0 atom stereocenters. The fourth-order valence-electron chi connectivity index (χ4n) is 3.41. The Morgan fingerprint density at radius 1 is 0.968 bits per heavy atom. The van der Waals surface area contributed by atoms with Gasteiger partial charge in [0.05, 0.1) is 13.1 Å². The van der Waals surface area contributed by atoms with E-state index in [1.165, 1.54) is 11.1 Å². The molecule has 0 fully saturated rings. The summed E-state index contributed by atoms with van der Waals surface area (Å²) in [6.07, 6.45) is 4.28. The van der Waals surface area contributed by atoms with Crippen molar-refractivity contribution in [1.82, 2.24) is 14.8 Å². The van der Waals surface area contributed by atoms with Gasteiger partial charge < -0.3 is 11.1 Å². The van der Waals surface area contributed by atoms with Crippen molar-refractivity contribution >= 4 is 11.6 Å². The van der Waals surface area contributed by atoms with Gasteiger partial charge in [0, 0.05) is 5.69 Å². The molecule has 0 spiro atoms. The molecule has 0 saturated heterocycles. The quantitative estimate of drug-likeness (QED) is 0.348. The monoisotopic (exact) mass is 410 g/mol. The van der Waals surface area contributed by atoms with Gasteiger partial charge in [-0.2, -0.15) is 5.10 Å². The van der Waals surface area contributed by atoms with E-state index in [9.17, 15) is 0 Å². The molecule has 0 radical (unpaired) electrons. The standard InChI is InChI=1S/C25H26N6/c1-2-19-9-13-23(14-10-19)30-25(26)28-15-22-5-3-4-6-24(22)21-11-7-20(8-12-21)16-31-18-27-17-29-31/h3-14,17-18H,2,15-16H2,1H3,(H3,26,28,30). The molecule has 3 N–H and O–H groups in total. The van der Waals surface area contributed by atoms with Crippen LogP contribution in [0.25, 0.3) is 11.1 Å². The van der Waals surface area contributed by atoms with Crippen molar-refractivity contribution in [3.05, 3.63) is 102 Å². The van der Waals surface area contributed by atoms with Gasteiger partial charge in [-0.15, -0.1) is 0 Å². The van der Waals surface area contributed by atoms with Crippen LogP contribution in [0, 0.1) is 0 Å². The highest BCUT2D eigenvalue weighted by molar-refractivity contribution is 5.92. The predicted molar refractivity (Wildman–Crippen MR) is 126 cm³/mol. The first-order chi connectivity index (χ1) is 15.2. The van der Waals surface area contributed by atoms with E-state index in [0.29, 0.717) is 19.0 Å². The summed E-state index contributed by atoms with van der Waals surface area (Å²) in [6, 6.07) is 25.0. The van der Waals surface area contributed by atoms with Crippen molar-refractivity contribution in [2.45, 2.75) is 26.4 Å². The summed E-state index contributed by atoms with van der Waals surface area (Å²) in [7, 11) is 0. The Hall–Kier alpha value is -3.93. The van der Waals surface area contributed by atoms with Gasteiger partial charge in [0.15, 0.2) is 5.96 Å². The van der Waals surface area contributed by atoms with Gasteiger partial charge in [0.1, 0.15) is 12.7 Å². The molecule has 0 aliphatic rings. The number of aliphatic imine (C=N–C) groups is 1. The molecule has 0 aliphatic heterocycles. The maximum Gasteiger partial charge on any atom is 0.193 e. The maximum atomic E-state index is 6.12. The van der Waals surface area contributed by atoms with Crippen molar-refractivity contribution in [3.8, 4) is 11.1 Å². The molecular formula is C25H26N6. The molecule has 0 amide bonds. The number of benzene rings is 3. The minimum absolute atomic E-state index is 0.405. The van der Waals surface area contributed by atoms with Crippen LogP contribution in [0.3, 0.4) is 0 Å². The zero-order valence-corrected chi connectivity index (χ0v) is 17.6. The Morgan fingerprint density at radius 2 is 1.71 bits per heavy atom. The average molecular weight is 411 g/mol. The molecule has 0 bridgehead atoms. The van der Waals surface area contributed by atoms with Gasteiger partial charge in [-0.1, -0.05) is 67.6 Å². The Balaban J connectivity index is 1.45. The van der Waals surface area contributed by atoms with Crippen molar-refractivity contribution in [3.63, 3.8) is 0 Å². The summed E-state index contributed by atoms with van der Waals surface area (Å²) in [4.78, 5) is 8.54. The van der Waals surface area contributed by atoms with Crippen molar-refractivity contribution in [2.24, 2.45) is 10.7 Å². The predicted octanol–water partition coefficient (Wildman–Crippen LogP) is 4.48. The van der Waals surface area contributed by atoms with Gasteiger partial charge in [0.25, 0.3) is 0 Å². The summed E-state index contributed by atoms with van der Waals surface area (Å²) >= 11 is 0. The van der Waals surface area contributed by atoms with Gasteiger partial charge in [-0.25, -0.2) is 14.7 Å². The fraction of sp³-hybridized carbons (Fsp3) is 0.160. The molecule has 1 aromatic heterocycles. The summed E-state index contributed by atoms with van der Waals surface area (Å²) < 4.78 is 1.81. The molecule has 0 saturated carbocycles. The molecule has 6 nitrogen and oxygen atoms in total. The topological polar surface area (TPSA) is 81.1 Å². The first kappa shape index (κ1) is 20.3. The lowest BCUT2D eigenvalue weighted by atomic mass is 9.98. The molecule has 0 unspecified atom stereocenters. The first-order valence-corrected chi connectivity index (χ1v) is 10.4. The van der Waals surface area contributed by atoms with Crippen LogP contribution in [0.1, 0.15) is 23.6 Å². The van der Waals surface area contributed by atoms with Crippen molar-refractivity contribution in [2.75, 3.05) is 5.32 Å². The number of hydrogen-bond donors (Lipinski definition) is 2. The molecule has 6 heteroatoms. The zero-order valence-electron chi connectivity index (χ0n) is 17.6. The van der Waals surface area contributed by atoms with E-state index in [1.54, 1.807) is 12.7 Å². The van der Waals surface area contributed by atoms with E-state index in [4.69, 9.17) is 5.73 Å². The Kier molecular flexibility index (Phi) is 6.38. The van der Waals surface area contributed by atoms with E-state index < -0.39 is 0 Å². The fourth-order valence-corrected chi connectivity index (χ4v) is 3.41. The second-order valence-corrected chi connectivity index (χ2v) is 7.32. The molecule has 1 heterocycles. The summed E-state index contributed by atoms with van der Waals surface area (Å²) in [5.74, 6) is 0.405. The summed E-state index contributed by atoms with van der Waals surface area (Å²) in [5, 5.41) is 7.32. The number of anilines is 1. The molecule has 4 rings (SSSR count). The third-order valence-electron chi connectivity index (χ3n) is 5.15. The summed E-state index contributed by atoms with van der Waals surface area (Å²) in [6.45, 7) is 3.34. The van der Waals surface area contributed by atoms with E-state index in [2.05, 4.69) is 75.8 Å². The Labute approximate surface area is 182 Å². The molecule has 4 aromatic rings. The number of nitrogens with one attached hydrogen (secondary N) is 1. The van der Waals surface area contributed by atoms with Crippen LogP contribution in [0.4, 0.5) is 5.69 Å². The second kappa shape index (κ2) is 9.71. The number of hydrogen-bond acceptors (Lipinski definition) is 3. The van der Waals surface area contributed by atoms with Crippen LogP contribution >= 0.6 is 0 Å². The van der Waals surface area contributed by atoms with Crippen LogP contribution in [0.5, 0.6) is 0 Å².